The molecule has 39 heavy (non-hydrogen) atoms. The van der Waals surface area contributed by atoms with Crippen molar-refractivity contribution in [1.82, 2.24) is 24.7 Å². The van der Waals surface area contributed by atoms with E-state index in [1.165, 1.54) is 22.9 Å². The average molecular weight is 554 g/mol. The maximum atomic E-state index is 14.8. The number of rotatable bonds is 9. The minimum Gasteiger partial charge on any atom is -0.394 e. The minimum atomic E-state index is -4.95. The van der Waals surface area contributed by atoms with Gasteiger partial charge in [0, 0.05) is 31.2 Å². The molecule has 1 atom stereocenters. The van der Waals surface area contributed by atoms with Crippen LogP contribution in [0.3, 0.4) is 0 Å². The summed E-state index contributed by atoms with van der Waals surface area (Å²) in [5.74, 6) is -0.964. The number of aryl methyl sites for hydroxylation is 1. The first-order chi connectivity index (χ1) is 18.5. The number of aliphatic hydroxyl groups excluding tert-OH is 1. The molecule has 9 nitrogen and oxygen atoms in total. The van der Waals surface area contributed by atoms with Gasteiger partial charge in [-0.3, -0.25) is 9.59 Å². The van der Waals surface area contributed by atoms with Crippen molar-refractivity contribution in [1.29, 1.82) is 0 Å². The summed E-state index contributed by atoms with van der Waals surface area (Å²) in [6, 6.07) is 2.96. The number of pyridine rings is 1. The third-order valence-corrected chi connectivity index (χ3v) is 5.90. The first-order valence-electron chi connectivity index (χ1n) is 11.4. The molecule has 0 aliphatic carbocycles. The van der Waals surface area contributed by atoms with Gasteiger partial charge in [0.2, 0.25) is 0 Å². The fraction of sp³-hybridized carbons (Fsp3) is 0.292. The average Bonchev–Trinajstić information content (AvgIpc) is 2.88. The van der Waals surface area contributed by atoms with E-state index in [0.717, 1.165) is 24.7 Å². The summed E-state index contributed by atoms with van der Waals surface area (Å²) in [4.78, 5) is 32.1. The summed E-state index contributed by atoms with van der Waals surface area (Å²) in [5.41, 5.74) is -4.54. The Morgan fingerprint density at radius 1 is 1.10 bits per heavy atom. The van der Waals surface area contributed by atoms with Crippen molar-refractivity contribution in [2.75, 3.05) is 11.9 Å². The summed E-state index contributed by atoms with van der Waals surface area (Å²) in [6.07, 6.45) is -3.37. The first kappa shape index (κ1) is 27.8. The molecule has 3 heterocycles. The molecule has 1 unspecified atom stereocenters. The Balaban J connectivity index is 1.49. The number of anilines is 1. The van der Waals surface area contributed by atoms with E-state index >= 15 is 0 Å². The third-order valence-electron chi connectivity index (χ3n) is 5.90. The number of benzene rings is 1. The normalized spacial score (nSPS) is 12.7. The predicted molar refractivity (Wildman–Crippen MR) is 128 cm³/mol. The Morgan fingerprint density at radius 2 is 1.82 bits per heavy atom. The van der Waals surface area contributed by atoms with E-state index in [9.17, 15) is 41.0 Å². The number of aromatic nitrogens is 5. The van der Waals surface area contributed by atoms with E-state index in [2.05, 4.69) is 20.4 Å². The molecule has 0 aliphatic rings. The Bertz CT molecular complexity index is 1590. The van der Waals surface area contributed by atoms with Crippen LogP contribution in [-0.4, -0.2) is 42.5 Å². The molecular formula is C24H20F6N6O3. The number of nitrogens with one attached hydrogen (secondary N) is 2. The number of halogens is 6. The van der Waals surface area contributed by atoms with Gasteiger partial charge < -0.3 is 15.0 Å². The van der Waals surface area contributed by atoms with Gasteiger partial charge in [-0.15, -0.1) is 0 Å². The van der Waals surface area contributed by atoms with Crippen LogP contribution in [0, 0.1) is 5.82 Å². The lowest BCUT2D eigenvalue weighted by molar-refractivity contribution is -0.138. The number of aliphatic hydroxyl groups is 1. The Hall–Kier alpha value is -4.27. The van der Waals surface area contributed by atoms with Crippen molar-refractivity contribution in [3.63, 3.8) is 0 Å². The van der Waals surface area contributed by atoms with Crippen LogP contribution >= 0.6 is 0 Å². The van der Waals surface area contributed by atoms with Gasteiger partial charge in [0.05, 0.1) is 35.0 Å². The molecule has 0 aliphatic heterocycles. The molecule has 0 spiro atoms. The quantitative estimate of drug-likeness (QED) is 0.268. The van der Waals surface area contributed by atoms with Crippen LogP contribution in [-0.2, 0) is 12.7 Å². The number of nitrogens with zero attached hydrogens (tertiary/aromatic N) is 4. The molecule has 4 aromatic rings. The highest BCUT2D eigenvalue weighted by atomic mass is 19.4. The first-order valence-corrected chi connectivity index (χ1v) is 11.4. The molecule has 0 fully saturated rings. The molecule has 0 amide bonds. The van der Waals surface area contributed by atoms with E-state index < -0.39 is 59.0 Å². The molecule has 3 aromatic heterocycles. The topological polar surface area (TPSA) is 126 Å². The van der Waals surface area contributed by atoms with E-state index in [4.69, 9.17) is 0 Å². The predicted octanol–water partition coefficient (Wildman–Crippen LogP) is 3.89. The number of hydrogen-bond acceptors (Lipinski definition) is 7. The van der Waals surface area contributed by atoms with E-state index in [1.807, 2.05) is 0 Å². The van der Waals surface area contributed by atoms with Gasteiger partial charge in [0.1, 0.15) is 11.4 Å². The van der Waals surface area contributed by atoms with E-state index in [-0.39, 0.29) is 36.2 Å². The largest absolute Gasteiger partial charge is 0.423 e. The lowest BCUT2D eigenvalue weighted by atomic mass is 10.1. The summed E-state index contributed by atoms with van der Waals surface area (Å²) >= 11 is 0. The summed E-state index contributed by atoms with van der Waals surface area (Å²) in [6.45, 7) is -0.473. The molecule has 206 valence electrons. The highest BCUT2D eigenvalue weighted by Crippen LogP contribution is 2.32. The van der Waals surface area contributed by atoms with Gasteiger partial charge in [-0.05, 0) is 36.4 Å². The number of alkyl halides is 5. The van der Waals surface area contributed by atoms with Gasteiger partial charge in [-0.25, -0.2) is 28.2 Å². The Kier molecular flexibility index (Phi) is 7.99. The molecule has 0 saturated heterocycles. The smallest absolute Gasteiger partial charge is 0.394 e. The van der Waals surface area contributed by atoms with Crippen LogP contribution in [0.25, 0.3) is 22.2 Å². The second-order valence-corrected chi connectivity index (χ2v) is 8.53. The summed E-state index contributed by atoms with van der Waals surface area (Å²) < 4.78 is 81.3. The van der Waals surface area contributed by atoms with Crippen molar-refractivity contribution < 1.29 is 31.4 Å². The molecule has 15 heteroatoms. The van der Waals surface area contributed by atoms with Crippen molar-refractivity contribution in [3.05, 3.63) is 80.6 Å². The summed E-state index contributed by atoms with van der Waals surface area (Å²) in [7, 11) is 0. The van der Waals surface area contributed by atoms with Crippen LogP contribution < -0.4 is 16.4 Å². The molecule has 0 bridgehead atoms. The van der Waals surface area contributed by atoms with Gasteiger partial charge in [-0.2, -0.15) is 18.3 Å². The van der Waals surface area contributed by atoms with E-state index in [0.29, 0.717) is 5.39 Å². The number of hydrogen-bond donors (Lipinski definition) is 3. The van der Waals surface area contributed by atoms with Crippen LogP contribution in [0.2, 0.25) is 0 Å². The van der Waals surface area contributed by atoms with Gasteiger partial charge in [0.25, 0.3) is 17.5 Å². The molecular weight excluding hydrogens is 534 g/mol. The summed E-state index contributed by atoms with van der Waals surface area (Å²) in [5, 5.41) is 17.6. The molecule has 0 radical (unpaired) electrons. The Morgan fingerprint density at radius 3 is 2.46 bits per heavy atom. The molecule has 1 aromatic carbocycles. The Labute approximate surface area is 215 Å². The van der Waals surface area contributed by atoms with Gasteiger partial charge in [0.15, 0.2) is 5.82 Å². The van der Waals surface area contributed by atoms with Crippen molar-refractivity contribution >= 4 is 16.5 Å². The van der Waals surface area contributed by atoms with Gasteiger partial charge in [-0.1, -0.05) is 0 Å². The van der Waals surface area contributed by atoms with Crippen molar-refractivity contribution in [2.45, 2.75) is 38.0 Å². The second-order valence-electron chi connectivity index (χ2n) is 8.53. The SMILES string of the molecule is O=c1[nH]ncc(NC(CO)CCCn2ccc3cc(-c4ncc(C(F)F)cn4)c(F)cc3c2=O)c1C(F)(F)F. The van der Waals surface area contributed by atoms with Crippen LogP contribution in [0.15, 0.2) is 52.6 Å². The molecule has 4 rings (SSSR count). The zero-order chi connectivity index (χ0) is 28.3. The fourth-order valence-electron chi connectivity index (χ4n) is 3.97. The monoisotopic (exact) mass is 554 g/mol. The zero-order valence-electron chi connectivity index (χ0n) is 19.8. The minimum absolute atomic E-state index is 0.0317. The van der Waals surface area contributed by atoms with Gasteiger partial charge >= 0.3 is 6.18 Å². The van der Waals surface area contributed by atoms with Crippen molar-refractivity contribution in [2.24, 2.45) is 0 Å². The molecule has 3 N–H and O–H groups in total. The van der Waals surface area contributed by atoms with Crippen LogP contribution in [0.4, 0.5) is 32.0 Å². The molecule has 0 saturated carbocycles. The number of fused-ring (bicyclic) bond motifs is 1. The highest BCUT2D eigenvalue weighted by Gasteiger charge is 2.37. The van der Waals surface area contributed by atoms with Crippen molar-refractivity contribution in [3.8, 4) is 11.4 Å². The lowest BCUT2D eigenvalue weighted by Gasteiger charge is -2.20. The van der Waals surface area contributed by atoms with E-state index in [1.54, 1.807) is 5.10 Å². The second kappa shape index (κ2) is 11.2. The lowest BCUT2D eigenvalue weighted by Crippen LogP contribution is -2.30. The third kappa shape index (κ3) is 6.08. The zero-order valence-corrected chi connectivity index (χ0v) is 19.8. The highest BCUT2D eigenvalue weighted by molar-refractivity contribution is 5.85. The van der Waals surface area contributed by atoms with Crippen LogP contribution in [0.1, 0.15) is 30.4 Å². The maximum Gasteiger partial charge on any atom is 0.423 e. The standard InChI is InChI=1S/C24H20F6N6O3/c25-17-7-15-12(6-16(17)21-31-8-13(9-32-21)20(26)27)3-5-36(23(15)39)4-1-2-14(11-37)34-18-10-33-35-22(38)19(18)24(28,29)30/h3,5-10,14,20,37H,1-2,4,11H2,(H2,34,35,38). The fourth-order valence-corrected chi connectivity index (χ4v) is 3.97. The number of H-pyrrole nitrogens is 1. The number of aromatic amines is 1. The maximum absolute atomic E-state index is 14.8. The van der Waals surface area contributed by atoms with Crippen LogP contribution in [0.5, 0.6) is 0 Å².